The van der Waals surface area contributed by atoms with Crippen molar-refractivity contribution < 1.29 is 13.2 Å². The third-order valence-electron chi connectivity index (χ3n) is 3.52. The molecule has 1 aromatic carbocycles. The lowest BCUT2D eigenvalue weighted by Gasteiger charge is -2.33. The van der Waals surface area contributed by atoms with Gasteiger partial charge in [0.05, 0.1) is 18.9 Å². The van der Waals surface area contributed by atoms with E-state index in [4.69, 9.17) is 10.5 Å². The fraction of sp³-hybridized carbons (Fsp3) is 0.571. The lowest BCUT2D eigenvalue weighted by atomic mass is 10.2. The molecule has 0 atom stereocenters. The van der Waals surface area contributed by atoms with Gasteiger partial charge in [-0.2, -0.15) is 12.7 Å². The van der Waals surface area contributed by atoms with Gasteiger partial charge in [-0.3, -0.25) is 4.31 Å². The van der Waals surface area contributed by atoms with E-state index in [1.807, 2.05) is 31.2 Å². The highest BCUT2D eigenvalue weighted by Gasteiger charge is 2.31. The topological polar surface area (TPSA) is 75.9 Å². The van der Waals surface area contributed by atoms with Crippen LogP contribution in [0.15, 0.2) is 24.3 Å². The molecule has 2 rings (SSSR count). The minimum absolute atomic E-state index is 0.390. The first kappa shape index (κ1) is 16.2. The van der Waals surface area contributed by atoms with Crippen LogP contribution in [0.2, 0.25) is 0 Å². The fourth-order valence-corrected chi connectivity index (χ4v) is 4.06. The van der Waals surface area contributed by atoms with Crippen molar-refractivity contribution in [3.8, 4) is 0 Å². The van der Waals surface area contributed by atoms with E-state index in [-0.39, 0.29) is 0 Å². The monoisotopic (exact) mass is 313 g/mol. The van der Waals surface area contributed by atoms with Gasteiger partial charge in [0, 0.05) is 19.6 Å². The summed E-state index contributed by atoms with van der Waals surface area (Å²) in [5.41, 5.74) is 7.22. The average Bonchev–Trinajstić information content (AvgIpc) is 2.50. The Morgan fingerprint density at radius 2 is 1.95 bits per heavy atom. The van der Waals surface area contributed by atoms with E-state index in [1.165, 1.54) is 8.61 Å². The van der Waals surface area contributed by atoms with Gasteiger partial charge in [0.2, 0.25) is 0 Å². The van der Waals surface area contributed by atoms with Crippen molar-refractivity contribution in [2.45, 2.75) is 13.3 Å². The predicted molar refractivity (Wildman–Crippen MR) is 83.5 cm³/mol. The number of nitrogens with zero attached hydrogens (tertiary/aromatic N) is 2. The Labute approximate surface area is 126 Å². The molecule has 0 aliphatic carbocycles. The molecule has 1 heterocycles. The second kappa shape index (κ2) is 7.22. The number of anilines is 1. The van der Waals surface area contributed by atoms with Gasteiger partial charge in [0.15, 0.2) is 0 Å². The van der Waals surface area contributed by atoms with Gasteiger partial charge >= 0.3 is 10.2 Å². The molecule has 0 unspecified atom stereocenters. The Morgan fingerprint density at radius 1 is 1.29 bits per heavy atom. The van der Waals surface area contributed by atoms with Crippen molar-refractivity contribution >= 4 is 15.9 Å². The molecule has 1 aliphatic heterocycles. The molecule has 0 bridgehead atoms. The Bertz CT molecular complexity index is 556. The van der Waals surface area contributed by atoms with Gasteiger partial charge in [-0.15, -0.1) is 0 Å². The summed E-state index contributed by atoms with van der Waals surface area (Å²) in [6, 6.07) is 7.51. The lowest BCUT2D eigenvalue weighted by molar-refractivity contribution is 0.0729. The minimum atomic E-state index is -3.54. The standard InChI is InChI=1S/C14H23N3O3S/c1-13-5-2-3-6-14(13)17(8-4-7-15)21(18,19)16-9-11-20-12-10-16/h2-3,5-6H,4,7-12,15H2,1H3. The van der Waals surface area contributed by atoms with E-state index in [0.29, 0.717) is 45.8 Å². The lowest BCUT2D eigenvalue weighted by Crippen LogP contribution is -2.49. The molecule has 21 heavy (non-hydrogen) atoms. The Balaban J connectivity index is 2.32. The number of aryl methyl sites for hydroxylation is 1. The van der Waals surface area contributed by atoms with Gasteiger partial charge in [-0.25, -0.2) is 0 Å². The molecular formula is C14H23N3O3S. The number of morpholine rings is 1. The SMILES string of the molecule is Cc1ccccc1N(CCCN)S(=O)(=O)N1CCOCC1. The molecule has 0 radical (unpaired) electrons. The first-order chi connectivity index (χ1) is 10.1. The van der Waals surface area contributed by atoms with Gasteiger partial charge in [0.1, 0.15) is 0 Å². The van der Waals surface area contributed by atoms with Crippen LogP contribution in [0, 0.1) is 6.92 Å². The average molecular weight is 313 g/mol. The van der Waals surface area contributed by atoms with E-state index in [2.05, 4.69) is 0 Å². The van der Waals surface area contributed by atoms with Crippen LogP contribution < -0.4 is 10.0 Å². The zero-order valence-corrected chi connectivity index (χ0v) is 13.2. The summed E-state index contributed by atoms with van der Waals surface area (Å²) < 4.78 is 34.0. The van der Waals surface area contributed by atoms with Crippen LogP contribution in [-0.4, -0.2) is 52.1 Å². The maximum Gasteiger partial charge on any atom is 0.304 e. The first-order valence-electron chi connectivity index (χ1n) is 7.18. The third kappa shape index (κ3) is 3.74. The maximum atomic E-state index is 12.9. The Hall–Kier alpha value is -1.15. The van der Waals surface area contributed by atoms with Crippen LogP contribution in [-0.2, 0) is 14.9 Å². The van der Waals surface area contributed by atoms with Crippen LogP contribution >= 0.6 is 0 Å². The third-order valence-corrected chi connectivity index (χ3v) is 5.48. The number of para-hydroxylation sites is 1. The van der Waals surface area contributed by atoms with Crippen molar-refractivity contribution in [2.75, 3.05) is 43.7 Å². The largest absolute Gasteiger partial charge is 0.379 e. The number of hydrogen-bond donors (Lipinski definition) is 1. The molecule has 0 spiro atoms. The highest BCUT2D eigenvalue weighted by molar-refractivity contribution is 7.90. The van der Waals surface area contributed by atoms with Crippen LogP contribution in [0.25, 0.3) is 0 Å². The van der Waals surface area contributed by atoms with Crippen LogP contribution in [0.5, 0.6) is 0 Å². The van der Waals surface area contributed by atoms with Crippen LogP contribution in [0.4, 0.5) is 5.69 Å². The first-order valence-corrected chi connectivity index (χ1v) is 8.58. The molecule has 0 aromatic heterocycles. The second-order valence-electron chi connectivity index (χ2n) is 5.02. The number of nitrogens with two attached hydrogens (primary N) is 1. The number of rotatable bonds is 6. The highest BCUT2D eigenvalue weighted by atomic mass is 32.2. The highest BCUT2D eigenvalue weighted by Crippen LogP contribution is 2.25. The van der Waals surface area contributed by atoms with Gasteiger partial charge in [0.25, 0.3) is 0 Å². The normalized spacial score (nSPS) is 16.9. The molecule has 2 N–H and O–H groups in total. The molecule has 118 valence electrons. The fourth-order valence-electron chi connectivity index (χ4n) is 2.35. The zero-order chi connectivity index (χ0) is 15.3. The zero-order valence-electron chi connectivity index (χ0n) is 12.4. The summed E-state index contributed by atoms with van der Waals surface area (Å²) in [6.07, 6.45) is 0.623. The van der Waals surface area contributed by atoms with Crippen molar-refractivity contribution in [3.05, 3.63) is 29.8 Å². The summed E-state index contributed by atoms with van der Waals surface area (Å²) >= 11 is 0. The Kier molecular flexibility index (Phi) is 5.58. The summed E-state index contributed by atoms with van der Waals surface area (Å²) in [6.45, 7) is 4.44. The van der Waals surface area contributed by atoms with Crippen molar-refractivity contribution in [2.24, 2.45) is 5.73 Å². The summed E-state index contributed by atoms with van der Waals surface area (Å²) in [4.78, 5) is 0. The number of benzene rings is 1. The van der Waals surface area contributed by atoms with Crippen molar-refractivity contribution in [3.63, 3.8) is 0 Å². The number of hydrogen-bond acceptors (Lipinski definition) is 4. The number of ether oxygens (including phenoxy) is 1. The van der Waals surface area contributed by atoms with Crippen molar-refractivity contribution in [1.82, 2.24) is 4.31 Å². The van der Waals surface area contributed by atoms with E-state index in [0.717, 1.165) is 11.3 Å². The predicted octanol–water partition coefficient (Wildman–Crippen LogP) is 0.727. The van der Waals surface area contributed by atoms with E-state index >= 15 is 0 Å². The Morgan fingerprint density at radius 3 is 2.57 bits per heavy atom. The van der Waals surface area contributed by atoms with Crippen LogP contribution in [0.1, 0.15) is 12.0 Å². The van der Waals surface area contributed by atoms with Gasteiger partial charge in [-0.05, 0) is 31.5 Å². The molecule has 0 amide bonds. The molecule has 7 heteroatoms. The van der Waals surface area contributed by atoms with Gasteiger partial charge < -0.3 is 10.5 Å². The van der Waals surface area contributed by atoms with E-state index in [1.54, 1.807) is 0 Å². The summed E-state index contributed by atoms with van der Waals surface area (Å²) in [7, 11) is -3.54. The molecular weight excluding hydrogens is 290 g/mol. The van der Waals surface area contributed by atoms with Crippen LogP contribution in [0.3, 0.4) is 0 Å². The molecule has 0 saturated carbocycles. The summed E-state index contributed by atoms with van der Waals surface area (Å²) in [5.74, 6) is 0. The molecule has 1 aromatic rings. The molecule has 6 nitrogen and oxygen atoms in total. The quantitative estimate of drug-likeness (QED) is 0.840. The second-order valence-corrected chi connectivity index (χ2v) is 6.87. The maximum absolute atomic E-state index is 12.9. The van der Waals surface area contributed by atoms with E-state index < -0.39 is 10.2 Å². The smallest absolute Gasteiger partial charge is 0.304 e. The van der Waals surface area contributed by atoms with Gasteiger partial charge in [-0.1, -0.05) is 18.2 Å². The minimum Gasteiger partial charge on any atom is -0.379 e. The molecule has 1 aliphatic rings. The molecule has 1 fully saturated rings. The van der Waals surface area contributed by atoms with E-state index in [9.17, 15) is 8.42 Å². The molecule has 1 saturated heterocycles. The van der Waals surface area contributed by atoms with Crippen molar-refractivity contribution in [1.29, 1.82) is 0 Å². The summed E-state index contributed by atoms with van der Waals surface area (Å²) in [5, 5.41) is 0.